The van der Waals surface area contributed by atoms with Gasteiger partial charge in [-0.1, -0.05) is 36.2 Å². The standard InChI is InChI=1S/C25H34N2O2/c1-18-5-4-6-19(13-18)8-9-25(28)29-24-10-12-27-21-14-20-7-2-3-11-26(20)22(15-21)16-23(27)17-24/h4-6,8-9,13,20-24H,2-3,7,10-12,14-17H2,1H3/b9-8+/t20-,21+,22+,23-,24?/m1/s1. The van der Waals surface area contributed by atoms with Gasteiger partial charge in [-0.3, -0.25) is 9.80 Å². The average molecular weight is 395 g/mol. The maximum atomic E-state index is 12.4. The topological polar surface area (TPSA) is 32.8 Å². The number of piperidine rings is 4. The van der Waals surface area contributed by atoms with Gasteiger partial charge < -0.3 is 4.74 Å². The van der Waals surface area contributed by atoms with Crippen LogP contribution in [0.15, 0.2) is 30.3 Å². The fourth-order valence-electron chi connectivity index (χ4n) is 6.43. The number of esters is 1. The van der Waals surface area contributed by atoms with Gasteiger partial charge in [-0.2, -0.15) is 0 Å². The zero-order valence-electron chi connectivity index (χ0n) is 17.6. The van der Waals surface area contributed by atoms with Crippen molar-refractivity contribution in [2.75, 3.05) is 13.1 Å². The van der Waals surface area contributed by atoms with Crippen molar-refractivity contribution < 1.29 is 9.53 Å². The van der Waals surface area contributed by atoms with Crippen LogP contribution in [0.2, 0.25) is 0 Å². The van der Waals surface area contributed by atoms with E-state index in [1.54, 1.807) is 6.08 Å². The summed E-state index contributed by atoms with van der Waals surface area (Å²) in [5, 5.41) is 0. The Morgan fingerprint density at radius 2 is 1.72 bits per heavy atom. The lowest BCUT2D eigenvalue weighted by Crippen LogP contribution is -2.65. The second kappa shape index (κ2) is 8.23. The van der Waals surface area contributed by atoms with Crippen LogP contribution in [0.5, 0.6) is 0 Å². The van der Waals surface area contributed by atoms with Crippen molar-refractivity contribution in [1.29, 1.82) is 0 Å². The predicted octanol–water partition coefficient (Wildman–Crippen LogP) is 4.17. The van der Waals surface area contributed by atoms with E-state index in [2.05, 4.69) is 28.9 Å². The number of hydrogen-bond acceptors (Lipinski definition) is 4. The zero-order chi connectivity index (χ0) is 19.8. The Labute approximate surface area is 174 Å². The lowest BCUT2D eigenvalue weighted by atomic mass is 9.76. The minimum Gasteiger partial charge on any atom is -0.459 e. The van der Waals surface area contributed by atoms with E-state index in [1.807, 2.05) is 18.2 Å². The number of carbonyl (C=O) groups excluding carboxylic acids is 1. The summed E-state index contributed by atoms with van der Waals surface area (Å²) < 4.78 is 5.86. The summed E-state index contributed by atoms with van der Waals surface area (Å²) in [5.74, 6) is -0.197. The number of fused-ring (bicyclic) bond motifs is 6. The smallest absolute Gasteiger partial charge is 0.331 e. The highest BCUT2D eigenvalue weighted by molar-refractivity contribution is 5.87. The van der Waals surface area contributed by atoms with Crippen molar-refractivity contribution in [3.8, 4) is 0 Å². The molecule has 4 heterocycles. The molecule has 0 spiro atoms. The van der Waals surface area contributed by atoms with Crippen LogP contribution in [-0.4, -0.2) is 59.1 Å². The molecule has 0 saturated carbocycles. The molecule has 0 aromatic heterocycles. The van der Waals surface area contributed by atoms with Crippen LogP contribution in [0.1, 0.15) is 62.5 Å². The lowest BCUT2D eigenvalue weighted by molar-refractivity contribution is -0.149. The molecule has 5 atom stereocenters. The van der Waals surface area contributed by atoms with E-state index in [-0.39, 0.29) is 12.1 Å². The van der Waals surface area contributed by atoms with Crippen LogP contribution in [0.4, 0.5) is 0 Å². The number of aryl methyl sites for hydroxylation is 1. The van der Waals surface area contributed by atoms with E-state index in [1.165, 1.54) is 50.6 Å². The Bertz CT molecular complexity index is 776. The first kappa shape index (κ1) is 19.3. The predicted molar refractivity (Wildman–Crippen MR) is 116 cm³/mol. The van der Waals surface area contributed by atoms with Crippen LogP contribution in [0.3, 0.4) is 0 Å². The third kappa shape index (κ3) is 4.15. The number of rotatable bonds is 3. The van der Waals surface area contributed by atoms with Gasteiger partial charge in [0, 0.05) is 43.2 Å². The summed E-state index contributed by atoms with van der Waals surface area (Å²) in [5.41, 5.74) is 2.25. The third-order valence-corrected chi connectivity index (χ3v) is 7.69. The molecule has 1 aromatic carbocycles. The van der Waals surface area contributed by atoms with Gasteiger partial charge in [0.2, 0.25) is 0 Å². The first-order chi connectivity index (χ1) is 14.2. The molecule has 29 heavy (non-hydrogen) atoms. The second-order valence-electron chi connectivity index (χ2n) is 9.62. The van der Waals surface area contributed by atoms with Gasteiger partial charge in [0.25, 0.3) is 0 Å². The van der Waals surface area contributed by atoms with Crippen molar-refractivity contribution in [1.82, 2.24) is 9.80 Å². The molecule has 4 aliphatic rings. The molecule has 2 bridgehead atoms. The van der Waals surface area contributed by atoms with Crippen molar-refractivity contribution in [2.45, 2.75) is 88.6 Å². The van der Waals surface area contributed by atoms with E-state index in [4.69, 9.17) is 4.74 Å². The minimum absolute atomic E-state index is 0.0712. The van der Waals surface area contributed by atoms with Gasteiger partial charge in [-0.25, -0.2) is 4.79 Å². The Hall–Kier alpha value is -1.65. The molecule has 0 N–H and O–H groups in total. The quantitative estimate of drug-likeness (QED) is 0.569. The van der Waals surface area contributed by atoms with E-state index in [0.717, 1.165) is 43.1 Å². The molecule has 4 saturated heterocycles. The number of nitrogens with zero attached hydrogens (tertiary/aromatic N) is 2. The first-order valence-corrected chi connectivity index (χ1v) is 11.6. The van der Waals surface area contributed by atoms with Crippen molar-refractivity contribution in [3.63, 3.8) is 0 Å². The van der Waals surface area contributed by atoms with E-state index >= 15 is 0 Å². The van der Waals surface area contributed by atoms with Crippen LogP contribution in [-0.2, 0) is 9.53 Å². The largest absolute Gasteiger partial charge is 0.459 e. The van der Waals surface area contributed by atoms with E-state index in [0.29, 0.717) is 6.04 Å². The highest BCUT2D eigenvalue weighted by Gasteiger charge is 2.47. The van der Waals surface area contributed by atoms with Gasteiger partial charge >= 0.3 is 5.97 Å². The molecule has 5 rings (SSSR count). The Morgan fingerprint density at radius 3 is 2.55 bits per heavy atom. The maximum absolute atomic E-state index is 12.4. The molecule has 1 aromatic rings. The molecule has 0 radical (unpaired) electrons. The molecular weight excluding hydrogens is 360 g/mol. The molecule has 4 heteroatoms. The minimum atomic E-state index is -0.197. The Morgan fingerprint density at radius 1 is 0.966 bits per heavy atom. The Balaban J connectivity index is 1.18. The number of ether oxygens (including phenoxy) is 1. The molecular formula is C25H34N2O2. The molecule has 4 fully saturated rings. The van der Waals surface area contributed by atoms with Crippen LogP contribution < -0.4 is 0 Å². The summed E-state index contributed by atoms with van der Waals surface area (Å²) in [6.45, 7) is 4.46. The van der Waals surface area contributed by atoms with Crippen LogP contribution in [0.25, 0.3) is 6.08 Å². The molecule has 0 amide bonds. The molecule has 156 valence electrons. The third-order valence-electron chi connectivity index (χ3n) is 7.69. The van der Waals surface area contributed by atoms with Gasteiger partial charge in [-0.05, 0) is 63.6 Å². The number of carbonyl (C=O) groups is 1. The van der Waals surface area contributed by atoms with Crippen LogP contribution >= 0.6 is 0 Å². The first-order valence-electron chi connectivity index (χ1n) is 11.6. The summed E-state index contributed by atoms with van der Waals surface area (Å²) in [7, 11) is 0. The number of hydrogen-bond donors (Lipinski definition) is 0. The SMILES string of the molecule is Cc1cccc(/C=C/C(=O)OC2CCN3[C@@H]4C[C@@H](C[C@@H]3C2)N2CCCC[C@@H]2C4)c1. The molecule has 1 unspecified atom stereocenters. The Kier molecular flexibility index (Phi) is 5.49. The van der Waals surface area contributed by atoms with Gasteiger partial charge in [0.1, 0.15) is 6.10 Å². The zero-order valence-corrected chi connectivity index (χ0v) is 17.6. The van der Waals surface area contributed by atoms with Crippen molar-refractivity contribution in [2.24, 2.45) is 0 Å². The summed E-state index contributed by atoms with van der Waals surface area (Å²) in [4.78, 5) is 18.0. The summed E-state index contributed by atoms with van der Waals surface area (Å²) >= 11 is 0. The molecule has 4 aliphatic heterocycles. The highest BCUT2D eigenvalue weighted by Crippen LogP contribution is 2.42. The average Bonchev–Trinajstić information content (AvgIpc) is 2.72. The van der Waals surface area contributed by atoms with E-state index < -0.39 is 0 Å². The summed E-state index contributed by atoms with van der Waals surface area (Å²) in [6, 6.07) is 11.1. The summed E-state index contributed by atoms with van der Waals surface area (Å²) in [6.07, 6.45) is 13.7. The lowest BCUT2D eigenvalue weighted by Gasteiger charge is -2.58. The monoisotopic (exact) mass is 394 g/mol. The maximum Gasteiger partial charge on any atom is 0.331 e. The number of benzene rings is 1. The fourth-order valence-corrected chi connectivity index (χ4v) is 6.43. The van der Waals surface area contributed by atoms with Gasteiger partial charge in [0.05, 0.1) is 0 Å². The highest BCUT2D eigenvalue weighted by atomic mass is 16.5. The van der Waals surface area contributed by atoms with Crippen LogP contribution in [0, 0.1) is 6.92 Å². The van der Waals surface area contributed by atoms with Gasteiger partial charge in [0.15, 0.2) is 0 Å². The fraction of sp³-hybridized carbons (Fsp3) is 0.640. The molecule has 0 aliphatic carbocycles. The van der Waals surface area contributed by atoms with E-state index in [9.17, 15) is 4.79 Å². The van der Waals surface area contributed by atoms with Crippen molar-refractivity contribution in [3.05, 3.63) is 41.5 Å². The van der Waals surface area contributed by atoms with Crippen molar-refractivity contribution >= 4 is 12.0 Å². The van der Waals surface area contributed by atoms with Gasteiger partial charge in [-0.15, -0.1) is 0 Å². The second-order valence-corrected chi connectivity index (χ2v) is 9.62. The normalized spacial score (nSPS) is 35.1. The molecule has 4 nitrogen and oxygen atoms in total.